The van der Waals surface area contributed by atoms with Gasteiger partial charge in [-0.3, -0.25) is 4.57 Å². The maximum Gasteiger partial charge on any atom is 0.167 e. The summed E-state index contributed by atoms with van der Waals surface area (Å²) < 4.78 is 7.45. The van der Waals surface area contributed by atoms with Gasteiger partial charge in [0.1, 0.15) is 30.2 Å². The lowest BCUT2D eigenvalue weighted by Gasteiger charge is -2.21. The molecular formula is C15H23N7O3. The Labute approximate surface area is 144 Å². The Hall–Kier alpha value is -2.11. The lowest BCUT2D eigenvalue weighted by atomic mass is 10.1. The Morgan fingerprint density at radius 1 is 1.28 bits per heavy atom. The Bertz CT molecular complexity index is 750. The van der Waals surface area contributed by atoms with Crippen molar-refractivity contribution in [2.45, 2.75) is 24.5 Å². The van der Waals surface area contributed by atoms with Crippen LogP contribution >= 0.6 is 0 Å². The van der Waals surface area contributed by atoms with Gasteiger partial charge in [0, 0.05) is 19.6 Å². The number of aromatic nitrogens is 4. The Morgan fingerprint density at radius 3 is 2.84 bits per heavy atom. The van der Waals surface area contributed by atoms with Gasteiger partial charge in [0.05, 0.1) is 6.33 Å². The fraction of sp³-hybridized carbons (Fsp3) is 0.533. The number of likely N-dealkylation sites (N-methyl/N-ethyl adjacent to an activating group) is 1. The van der Waals surface area contributed by atoms with Crippen molar-refractivity contribution < 1.29 is 14.9 Å². The topological polar surface area (TPSA) is 149 Å². The number of nitrogens with two attached hydrogens (primary N) is 2. The SMILES string of the molecule is CN(CC=CCN)C[C@H]1O[C@@H](n2cnc3c(N)ncnc32)[C@H](O)[C@@H]1O. The Balaban J connectivity index is 1.75. The molecule has 1 aliphatic heterocycles. The van der Waals surface area contributed by atoms with E-state index in [9.17, 15) is 10.2 Å². The monoisotopic (exact) mass is 349 g/mol. The second-order valence-electron chi connectivity index (χ2n) is 6.06. The number of aliphatic hydroxyl groups is 2. The van der Waals surface area contributed by atoms with Crippen molar-refractivity contribution >= 4 is 17.0 Å². The Morgan fingerprint density at radius 2 is 2.08 bits per heavy atom. The first-order valence-corrected chi connectivity index (χ1v) is 8.01. The standard InChI is InChI=1S/C15H23N7O3/c1-21(5-3-2-4-16)6-9-11(23)12(24)15(25-9)22-8-20-10-13(17)18-7-19-14(10)22/h2-3,7-9,11-12,15,23-24H,4-6,16H2,1H3,(H2,17,18,19)/t9-,11-,12-,15-/m1/s1. The van der Waals surface area contributed by atoms with Crippen molar-refractivity contribution in [2.24, 2.45) is 5.73 Å². The smallest absolute Gasteiger partial charge is 0.167 e. The lowest BCUT2D eigenvalue weighted by molar-refractivity contribution is -0.0414. The zero-order valence-corrected chi connectivity index (χ0v) is 13.9. The van der Waals surface area contributed by atoms with Crippen LogP contribution in [0.4, 0.5) is 5.82 Å². The van der Waals surface area contributed by atoms with E-state index in [2.05, 4.69) is 15.0 Å². The number of aliphatic hydroxyl groups excluding tert-OH is 2. The van der Waals surface area contributed by atoms with E-state index in [0.717, 1.165) is 0 Å². The molecule has 1 saturated heterocycles. The van der Waals surface area contributed by atoms with Crippen molar-refractivity contribution in [3.05, 3.63) is 24.8 Å². The number of rotatable bonds is 6. The number of fused-ring (bicyclic) bond motifs is 1. The van der Waals surface area contributed by atoms with Gasteiger partial charge < -0.3 is 31.3 Å². The van der Waals surface area contributed by atoms with Crippen molar-refractivity contribution in [3.63, 3.8) is 0 Å². The average Bonchev–Trinajstić information content (AvgIpc) is 3.13. The number of anilines is 1. The largest absolute Gasteiger partial charge is 0.387 e. The van der Waals surface area contributed by atoms with E-state index < -0.39 is 24.5 Å². The highest BCUT2D eigenvalue weighted by molar-refractivity contribution is 5.81. The van der Waals surface area contributed by atoms with Gasteiger partial charge in [-0.15, -0.1) is 0 Å². The molecule has 0 aliphatic carbocycles. The zero-order chi connectivity index (χ0) is 18.0. The van der Waals surface area contributed by atoms with Crippen LogP contribution in [0, 0.1) is 0 Å². The van der Waals surface area contributed by atoms with Gasteiger partial charge in [-0.1, -0.05) is 12.2 Å². The summed E-state index contributed by atoms with van der Waals surface area (Å²) in [6, 6.07) is 0. The number of nitrogen functional groups attached to an aromatic ring is 1. The zero-order valence-electron chi connectivity index (χ0n) is 13.9. The summed E-state index contributed by atoms with van der Waals surface area (Å²) in [4.78, 5) is 14.2. The molecule has 0 radical (unpaired) electrons. The molecule has 0 bridgehead atoms. The van der Waals surface area contributed by atoms with E-state index >= 15 is 0 Å². The van der Waals surface area contributed by atoms with E-state index in [-0.39, 0.29) is 5.82 Å². The third-order valence-corrected chi connectivity index (χ3v) is 4.21. The molecule has 0 unspecified atom stereocenters. The maximum absolute atomic E-state index is 10.4. The van der Waals surface area contributed by atoms with Crippen molar-refractivity contribution in [1.29, 1.82) is 0 Å². The predicted octanol–water partition coefficient (Wildman–Crippen LogP) is -1.53. The van der Waals surface area contributed by atoms with Crippen LogP contribution < -0.4 is 11.5 Å². The van der Waals surface area contributed by atoms with Crippen molar-refractivity contribution in [1.82, 2.24) is 24.4 Å². The van der Waals surface area contributed by atoms with Crippen LogP contribution in [-0.2, 0) is 4.74 Å². The molecule has 10 heteroatoms. The third-order valence-electron chi connectivity index (χ3n) is 4.21. The molecule has 6 N–H and O–H groups in total. The maximum atomic E-state index is 10.4. The minimum absolute atomic E-state index is 0.250. The molecule has 0 spiro atoms. The first-order valence-electron chi connectivity index (χ1n) is 8.01. The predicted molar refractivity (Wildman–Crippen MR) is 91.4 cm³/mol. The van der Waals surface area contributed by atoms with Gasteiger partial charge in [-0.25, -0.2) is 15.0 Å². The van der Waals surface area contributed by atoms with Crippen molar-refractivity contribution in [2.75, 3.05) is 32.4 Å². The van der Waals surface area contributed by atoms with Crippen LogP contribution in [0.25, 0.3) is 11.2 Å². The van der Waals surface area contributed by atoms with E-state index in [1.807, 2.05) is 24.1 Å². The third kappa shape index (κ3) is 3.48. The highest BCUT2D eigenvalue weighted by Crippen LogP contribution is 2.32. The molecule has 0 amide bonds. The quantitative estimate of drug-likeness (QED) is 0.456. The van der Waals surface area contributed by atoms with E-state index in [4.69, 9.17) is 16.2 Å². The second kappa shape index (κ2) is 7.42. The highest BCUT2D eigenvalue weighted by atomic mass is 16.6. The molecule has 3 rings (SSSR count). The molecule has 1 aliphatic rings. The van der Waals surface area contributed by atoms with E-state index in [1.54, 1.807) is 4.57 Å². The van der Waals surface area contributed by atoms with Crippen LogP contribution in [-0.4, -0.2) is 79.6 Å². The molecule has 0 saturated carbocycles. The first-order chi connectivity index (χ1) is 12.0. The normalized spacial score (nSPS) is 27.1. The van der Waals surface area contributed by atoms with Crippen LogP contribution in [0.2, 0.25) is 0 Å². The fourth-order valence-corrected chi connectivity index (χ4v) is 2.90. The molecule has 10 nitrogen and oxygen atoms in total. The summed E-state index contributed by atoms with van der Waals surface area (Å²) in [6.45, 7) is 1.60. The van der Waals surface area contributed by atoms with E-state index in [0.29, 0.717) is 30.8 Å². The van der Waals surface area contributed by atoms with Gasteiger partial charge in [0.25, 0.3) is 0 Å². The summed E-state index contributed by atoms with van der Waals surface area (Å²) in [6.07, 6.45) is 3.13. The minimum Gasteiger partial charge on any atom is -0.387 e. The van der Waals surface area contributed by atoms with Gasteiger partial charge in [-0.2, -0.15) is 0 Å². The molecule has 2 aromatic rings. The van der Waals surface area contributed by atoms with E-state index in [1.165, 1.54) is 12.7 Å². The highest BCUT2D eigenvalue weighted by Gasteiger charge is 2.44. The summed E-state index contributed by atoms with van der Waals surface area (Å²) in [5, 5.41) is 20.8. The summed E-state index contributed by atoms with van der Waals surface area (Å²) >= 11 is 0. The van der Waals surface area contributed by atoms with Crippen LogP contribution in [0.5, 0.6) is 0 Å². The number of hydrogen-bond acceptors (Lipinski definition) is 9. The van der Waals surface area contributed by atoms with Gasteiger partial charge in [0.15, 0.2) is 17.7 Å². The van der Waals surface area contributed by atoms with Gasteiger partial charge in [-0.05, 0) is 7.05 Å². The average molecular weight is 349 g/mol. The Kier molecular flexibility index (Phi) is 5.25. The molecule has 25 heavy (non-hydrogen) atoms. The first kappa shape index (κ1) is 17.7. The van der Waals surface area contributed by atoms with Crippen LogP contribution in [0.1, 0.15) is 6.23 Å². The van der Waals surface area contributed by atoms with Crippen molar-refractivity contribution in [3.8, 4) is 0 Å². The second-order valence-corrected chi connectivity index (χ2v) is 6.06. The summed E-state index contributed by atoms with van der Waals surface area (Å²) in [5.74, 6) is 0.250. The van der Waals surface area contributed by atoms with Crippen LogP contribution in [0.15, 0.2) is 24.8 Å². The summed E-state index contributed by atoms with van der Waals surface area (Å²) in [5.41, 5.74) is 12.1. The van der Waals surface area contributed by atoms with Gasteiger partial charge in [0.2, 0.25) is 0 Å². The number of nitrogens with zero attached hydrogens (tertiary/aromatic N) is 5. The minimum atomic E-state index is -1.11. The fourth-order valence-electron chi connectivity index (χ4n) is 2.90. The van der Waals surface area contributed by atoms with Crippen LogP contribution in [0.3, 0.4) is 0 Å². The number of imidazole rings is 1. The molecule has 2 aromatic heterocycles. The molecule has 0 aromatic carbocycles. The van der Waals surface area contributed by atoms with Gasteiger partial charge >= 0.3 is 0 Å². The molecule has 4 atom stereocenters. The summed E-state index contributed by atoms with van der Waals surface area (Å²) in [7, 11) is 1.90. The number of hydrogen-bond donors (Lipinski definition) is 4. The molecule has 136 valence electrons. The lowest BCUT2D eigenvalue weighted by Crippen LogP contribution is -2.38. The molecule has 1 fully saturated rings. The molecular weight excluding hydrogens is 326 g/mol. The number of ether oxygens (including phenoxy) is 1. The molecule has 3 heterocycles.